The number of carbonyl (C=O) groups excluding carboxylic acids is 1. The number of benzene rings is 1. The van der Waals surface area contributed by atoms with Crippen LogP contribution in [0.5, 0.6) is 5.75 Å². The molecule has 0 unspecified atom stereocenters. The maximum absolute atomic E-state index is 13.7. The minimum atomic E-state index is -5.02. The van der Waals surface area contributed by atoms with Crippen molar-refractivity contribution in [2.75, 3.05) is 6.61 Å². The lowest BCUT2D eigenvalue weighted by molar-refractivity contribution is -0.317. The van der Waals surface area contributed by atoms with Crippen molar-refractivity contribution in [1.82, 2.24) is 5.01 Å². The summed E-state index contributed by atoms with van der Waals surface area (Å²) in [4.78, 5) is 12.5. The van der Waals surface area contributed by atoms with E-state index < -0.39 is 30.3 Å². The first-order valence-corrected chi connectivity index (χ1v) is 8.55. The lowest BCUT2D eigenvalue weighted by Crippen LogP contribution is -2.62. The van der Waals surface area contributed by atoms with Crippen LogP contribution in [0.3, 0.4) is 0 Å². The normalized spacial score (nSPS) is 28.5. The fraction of sp³-hybridized carbons (Fsp3) is 0.556. The van der Waals surface area contributed by atoms with Crippen LogP contribution in [0, 0.1) is 18.8 Å². The van der Waals surface area contributed by atoms with Gasteiger partial charge in [0, 0.05) is 5.71 Å². The van der Waals surface area contributed by atoms with E-state index in [4.69, 9.17) is 4.74 Å². The van der Waals surface area contributed by atoms with Crippen LogP contribution in [-0.4, -0.2) is 40.2 Å². The molecule has 3 rings (SSSR count). The average Bonchev–Trinajstić information content (AvgIpc) is 2.90. The predicted molar refractivity (Wildman–Crippen MR) is 88.5 cm³/mol. The van der Waals surface area contributed by atoms with Crippen molar-refractivity contribution in [2.24, 2.45) is 16.9 Å². The summed E-state index contributed by atoms with van der Waals surface area (Å²) < 4.78 is 46.5. The van der Waals surface area contributed by atoms with Crippen molar-refractivity contribution in [3.8, 4) is 5.75 Å². The molecule has 26 heavy (non-hydrogen) atoms. The van der Waals surface area contributed by atoms with Crippen LogP contribution in [0.2, 0.25) is 0 Å². The zero-order valence-corrected chi connectivity index (χ0v) is 14.6. The number of aliphatic hydroxyl groups is 1. The van der Waals surface area contributed by atoms with Crippen LogP contribution >= 0.6 is 0 Å². The Kier molecular flexibility index (Phi) is 4.72. The first-order chi connectivity index (χ1) is 12.2. The van der Waals surface area contributed by atoms with Gasteiger partial charge in [0.2, 0.25) is 0 Å². The minimum absolute atomic E-state index is 0.140. The Morgan fingerprint density at radius 2 is 2.08 bits per heavy atom. The topological polar surface area (TPSA) is 62.1 Å². The van der Waals surface area contributed by atoms with E-state index in [0.29, 0.717) is 18.6 Å². The molecule has 0 bridgehead atoms. The zero-order chi connectivity index (χ0) is 19.1. The number of aryl methyl sites for hydroxylation is 1. The second-order valence-corrected chi connectivity index (χ2v) is 6.89. The van der Waals surface area contributed by atoms with Gasteiger partial charge in [0.15, 0.2) is 6.61 Å². The fourth-order valence-electron chi connectivity index (χ4n) is 3.66. The van der Waals surface area contributed by atoms with Gasteiger partial charge in [-0.3, -0.25) is 4.79 Å². The van der Waals surface area contributed by atoms with Crippen LogP contribution in [0.4, 0.5) is 13.2 Å². The Morgan fingerprint density at radius 1 is 1.38 bits per heavy atom. The highest BCUT2D eigenvalue weighted by atomic mass is 19.4. The van der Waals surface area contributed by atoms with Crippen molar-refractivity contribution in [3.05, 3.63) is 29.8 Å². The summed E-state index contributed by atoms with van der Waals surface area (Å²) in [5, 5.41) is 14.6. The monoisotopic (exact) mass is 370 g/mol. The van der Waals surface area contributed by atoms with Gasteiger partial charge in [0.1, 0.15) is 5.75 Å². The summed E-state index contributed by atoms with van der Waals surface area (Å²) in [5.41, 5.74) is -2.33. The smallest absolute Gasteiger partial charge is 0.439 e. The van der Waals surface area contributed by atoms with Gasteiger partial charge in [-0.15, -0.1) is 0 Å². The molecule has 1 aromatic rings. The van der Waals surface area contributed by atoms with Crippen molar-refractivity contribution < 1.29 is 27.8 Å². The number of alkyl halides is 3. The highest BCUT2D eigenvalue weighted by Crippen LogP contribution is 2.49. The fourth-order valence-corrected chi connectivity index (χ4v) is 3.66. The summed E-state index contributed by atoms with van der Waals surface area (Å²) in [6, 6.07) is 6.87. The Morgan fingerprint density at radius 3 is 2.73 bits per heavy atom. The third-order valence-electron chi connectivity index (χ3n) is 5.11. The van der Waals surface area contributed by atoms with Crippen LogP contribution in [-0.2, 0) is 4.79 Å². The van der Waals surface area contributed by atoms with Gasteiger partial charge in [-0.2, -0.15) is 23.3 Å². The number of hydrazone groups is 1. The third kappa shape index (κ3) is 2.96. The number of halogens is 3. The first kappa shape index (κ1) is 18.7. The highest BCUT2D eigenvalue weighted by molar-refractivity contribution is 5.95. The van der Waals surface area contributed by atoms with Crippen LogP contribution in [0.1, 0.15) is 31.7 Å². The number of nitrogens with zero attached hydrogens (tertiary/aromatic N) is 2. The van der Waals surface area contributed by atoms with Crippen molar-refractivity contribution in [2.45, 2.75) is 45.0 Å². The highest BCUT2D eigenvalue weighted by Gasteiger charge is 2.69. The molecule has 0 spiro atoms. The van der Waals surface area contributed by atoms with Crippen LogP contribution in [0.25, 0.3) is 0 Å². The number of carbonyl (C=O) groups is 1. The number of hydrogen-bond acceptors (Lipinski definition) is 4. The van der Waals surface area contributed by atoms with Crippen molar-refractivity contribution in [1.29, 1.82) is 0 Å². The number of para-hydroxylation sites is 1. The van der Waals surface area contributed by atoms with Crippen molar-refractivity contribution in [3.63, 3.8) is 0 Å². The SMILES string of the molecule is Cc1ccccc1OCC(=O)N1N=C2[C@H](C)CCC[C@H]2[C@@]1(O)C(F)(F)F. The lowest BCUT2D eigenvalue weighted by Gasteiger charge is -2.38. The number of hydrogen-bond donors (Lipinski definition) is 1. The van der Waals surface area contributed by atoms with Gasteiger partial charge in [0.25, 0.3) is 11.6 Å². The molecule has 1 aliphatic carbocycles. The van der Waals surface area contributed by atoms with E-state index in [0.717, 1.165) is 5.56 Å². The Balaban J connectivity index is 1.86. The molecule has 2 aliphatic rings. The number of fused-ring (bicyclic) bond motifs is 1. The molecule has 3 atom stereocenters. The molecule has 142 valence electrons. The Labute approximate surface area is 149 Å². The second-order valence-electron chi connectivity index (χ2n) is 6.89. The molecule has 5 nitrogen and oxygen atoms in total. The minimum Gasteiger partial charge on any atom is -0.483 e. The van der Waals surface area contributed by atoms with Crippen LogP contribution < -0.4 is 4.74 Å². The molecule has 1 N–H and O–H groups in total. The van der Waals surface area contributed by atoms with Gasteiger partial charge < -0.3 is 9.84 Å². The zero-order valence-electron chi connectivity index (χ0n) is 14.6. The van der Waals surface area contributed by atoms with Crippen LogP contribution in [0.15, 0.2) is 29.4 Å². The Bertz CT molecular complexity index is 735. The third-order valence-corrected chi connectivity index (χ3v) is 5.11. The molecule has 0 aromatic heterocycles. The summed E-state index contributed by atoms with van der Waals surface area (Å²) in [6.45, 7) is 2.89. The molecule has 1 fully saturated rings. The number of ether oxygens (including phenoxy) is 1. The van der Waals surface area contributed by atoms with Gasteiger partial charge >= 0.3 is 6.18 Å². The molecule has 1 heterocycles. The van der Waals surface area contributed by atoms with Gasteiger partial charge in [-0.05, 0) is 37.3 Å². The van der Waals surface area contributed by atoms with E-state index in [2.05, 4.69) is 5.10 Å². The van der Waals surface area contributed by atoms with Gasteiger partial charge in [-0.25, -0.2) is 0 Å². The van der Waals surface area contributed by atoms with E-state index in [1.54, 1.807) is 38.1 Å². The molecular weight excluding hydrogens is 349 g/mol. The van der Waals surface area contributed by atoms with Gasteiger partial charge in [0.05, 0.1) is 5.92 Å². The molecule has 0 saturated heterocycles. The molecule has 1 aromatic carbocycles. The first-order valence-electron chi connectivity index (χ1n) is 8.55. The van der Waals surface area contributed by atoms with E-state index in [1.807, 2.05) is 0 Å². The number of rotatable bonds is 3. The average molecular weight is 370 g/mol. The molecule has 1 saturated carbocycles. The van der Waals surface area contributed by atoms with Gasteiger partial charge in [-0.1, -0.05) is 31.5 Å². The Hall–Kier alpha value is -2.09. The maximum Gasteiger partial charge on any atom is 0.439 e. The summed E-state index contributed by atoms with van der Waals surface area (Å²) in [6.07, 6.45) is -3.64. The van der Waals surface area contributed by atoms with E-state index >= 15 is 0 Å². The quantitative estimate of drug-likeness (QED) is 0.888. The molecule has 0 radical (unpaired) electrons. The molecule has 8 heteroatoms. The van der Waals surface area contributed by atoms with E-state index in [1.165, 1.54) is 0 Å². The molecular formula is C18H21F3N2O3. The lowest BCUT2D eigenvalue weighted by atomic mass is 9.75. The number of amides is 1. The summed E-state index contributed by atoms with van der Waals surface area (Å²) in [7, 11) is 0. The largest absolute Gasteiger partial charge is 0.483 e. The summed E-state index contributed by atoms with van der Waals surface area (Å²) >= 11 is 0. The predicted octanol–water partition coefficient (Wildman–Crippen LogP) is 3.26. The van der Waals surface area contributed by atoms with Crippen molar-refractivity contribution >= 4 is 11.6 Å². The summed E-state index contributed by atoms with van der Waals surface area (Å²) in [5.74, 6) is -2.07. The molecule has 1 amide bonds. The standard InChI is InChI=1S/C18H21F3N2O3/c1-11-6-3-4-9-14(11)26-10-15(24)23-17(25,18(19,20)21)13-8-5-7-12(2)16(13)22-23/h3-4,6,9,12-13,25H,5,7-8,10H2,1-2H3/t12-,13-,17-/m1/s1. The maximum atomic E-state index is 13.7. The molecule has 1 aliphatic heterocycles. The van der Waals surface area contributed by atoms with E-state index in [9.17, 15) is 23.1 Å². The van der Waals surface area contributed by atoms with E-state index in [-0.39, 0.29) is 23.1 Å². The second kappa shape index (κ2) is 6.57.